The predicted molar refractivity (Wildman–Crippen MR) is 100 cm³/mol. The third kappa shape index (κ3) is 3.68. The summed E-state index contributed by atoms with van der Waals surface area (Å²) in [5.41, 5.74) is 0.242. The summed E-state index contributed by atoms with van der Waals surface area (Å²) < 4.78 is 41.6. The summed E-state index contributed by atoms with van der Waals surface area (Å²) in [6, 6.07) is 10.2. The molecule has 2 heterocycles. The van der Waals surface area contributed by atoms with Crippen molar-refractivity contribution in [1.29, 1.82) is 0 Å². The van der Waals surface area contributed by atoms with Gasteiger partial charge in [0, 0.05) is 26.2 Å². The van der Waals surface area contributed by atoms with Gasteiger partial charge < -0.3 is 15.1 Å². The van der Waals surface area contributed by atoms with E-state index in [1.165, 1.54) is 18.3 Å². The molecule has 1 N–H and O–H groups in total. The maximum atomic E-state index is 14.0. The Kier molecular flexibility index (Phi) is 4.96. The molecule has 1 aliphatic rings. The van der Waals surface area contributed by atoms with Gasteiger partial charge in [-0.15, -0.1) is 5.10 Å². The van der Waals surface area contributed by atoms with E-state index < -0.39 is 11.6 Å². The Morgan fingerprint density at radius 3 is 2.14 bits per heavy atom. The van der Waals surface area contributed by atoms with Crippen LogP contribution in [0.4, 0.5) is 36.3 Å². The van der Waals surface area contributed by atoms with Crippen LogP contribution < -0.4 is 15.1 Å². The van der Waals surface area contributed by atoms with Gasteiger partial charge in [0.2, 0.25) is 5.95 Å². The average molecular weight is 386 g/mol. The molecular formula is C19H17F3N6. The summed E-state index contributed by atoms with van der Waals surface area (Å²) in [5.74, 6) is -1.21. The van der Waals surface area contributed by atoms with Crippen molar-refractivity contribution in [3.63, 3.8) is 0 Å². The minimum atomic E-state index is -0.743. The third-order valence-electron chi connectivity index (χ3n) is 4.54. The number of aromatic nitrogens is 3. The molecule has 28 heavy (non-hydrogen) atoms. The zero-order valence-electron chi connectivity index (χ0n) is 14.8. The van der Waals surface area contributed by atoms with Gasteiger partial charge in [0.25, 0.3) is 0 Å². The van der Waals surface area contributed by atoms with Crippen molar-refractivity contribution in [2.75, 3.05) is 41.3 Å². The second kappa shape index (κ2) is 7.71. The molecule has 1 saturated heterocycles. The van der Waals surface area contributed by atoms with Crippen LogP contribution in [0.15, 0.2) is 48.7 Å². The maximum Gasteiger partial charge on any atom is 0.249 e. The van der Waals surface area contributed by atoms with Crippen LogP contribution in [0.3, 0.4) is 0 Å². The van der Waals surface area contributed by atoms with Crippen LogP contribution in [0.5, 0.6) is 0 Å². The van der Waals surface area contributed by atoms with Crippen LogP contribution in [0.1, 0.15) is 0 Å². The highest BCUT2D eigenvalue weighted by Crippen LogP contribution is 2.24. The largest absolute Gasteiger partial charge is 0.366 e. The third-order valence-corrected chi connectivity index (χ3v) is 4.54. The zero-order valence-corrected chi connectivity index (χ0v) is 14.8. The van der Waals surface area contributed by atoms with Gasteiger partial charge in [-0.1, -0.05) is 18.2 Å². The minimum absolute atomic E-state index is 0.00182. The minimum Gasteiger partial charge on any atom is -0.366 e. The van der Waals surface area contributed by atoms with Crippen molar-refractivity contribution in [2.45, 2.75) is 0 Å². The normalized spacial score (nSPS) is 14.2. The molecule has 4 rings (SSSR count). The fourth-order valence-electron chi connectivity index (χ4n) is 3.11. The molecule has 1 fully saturated rings. The van der Waals surface area contributed by atoms with Gasteiger partial charge in [-0.2, -0.15) is 10.1 Å². The number of benzene rings is 2. The number of hydrogen-bond donors (Lipinski definition) is 1. The molecule has 2 aromatic carbocycles. The lowest BCUT2D eigenvalue weighted by Gasteiger charge is -2.36. The second-order valence-corrected chi connectivity index (χ2v) is 6.29. The molecule has 1 aliphatic heterocycles. The number of para-hydroxylation sites is 2. The van der Waals surface area contributed by atoms with Crippen LogP contribution in [-0.2, 0) is 0 Å². The Morgan fingerprint density at radius 1 is 0.786 bits per heavy atom. The SMILES string of the molecule is Fc1ccccc1N1CCN(c2cnnc(Nc3c(F)cccc3F)n2)CC1. The van der Waals surface area contributed by atoms with E-state index in [1.54, 1.807) is 18.2 Å². The maximum absolute atomic E-state index is 14.0. The molecule has 0 bridgehead atoms. The van der Waals surface area contributed by atoms with E-state index >= 15 is 0 Å². The molecule has 0 aliphatic carbocycles. The Bertz CT molecular complexity index is 955. The van der Waals surface area contributed by atoms with Gasteiger partial charge in [0.1, 0.15) is 23.1 Å². The van der Waals surface area contributed by atoms with Crippen LogP contribution in [0.2, 0.25) is 0 Å². The Hall–Kier alpha value is -3.36. The molecule has 0 saturated carbocycles. The highest BCUT2D eigenvalue weighted by molar-refractivity contribution is 5.56. The molecular weight excluding hydrogens is 369 g/mol. The van der Waals surface area contributed by atoms with Crippen molar-refractivity contribution < 1.29 is 13.2 Å². The van der Waals surface area contributed by atoms with Crippen LogP contribution in [0, 0.1) is 17.5 Å². The smallest absolute Gasteiger partial charge is 0.249 e. The summed E-state index contributed by atoms with van der Waals surface area (Å²) in [7, 11) is 0. The van der Waals surface area contributed by atoms with Crippen LogP contribution >= 0.6 is 0 Å². The second-order valence-electron chi connectivity index (χ2n) is 6.29. The van der Waals surface area contributed by atoms with E-state index in [1.807, 2.05) is 9.80 Å². The van der Waals surface area contributed by atoms with Gasteiger partial charge in [-0.05, 0) is 24.3 Å². The molecule has 1 aromatic heterocycles. The number of hydrogen-bond acceptors (Lipinski definition) is 6. The molecule has 9 heteroatoms. The highest BCUT2D eigenvalue weighted by atomic mass is 19.1. The molecule has 0 spiro atoms. The molecule has 3 aromatic rings. The predicted octanol–water partition coefficient (Wildman–Crippen LogP) is 3.36. The van der Waals surface area contributed by atoms with Gasteiger partial charge in [-0.3, -0.25) is 0 Å². The molecule has 0 unspecified atom stereocenters. The van der Waals surface area contributed by atoms with E-state index in [2.05, 4.69) is 20.5 Å². The quantitative estimate of drug-likeness (QED) is 0.742. The highest BCUT2D eigenvalue weighted by Gasteiger charge is 2.21. The lowest BCUT2D eigenvalue weighted by atomic mass is 10.2. The first-order chi connectivity index (χ1) is 13.6. The van der Waals surface area contributed by atoms with Crippen molar-refractivity contribution in [3.8, 4) is 0 Å². The number of anilines is 4. The number of rotatable bonds is 4. The number of nitrogens with one attached hydrogen (secondary N) is 1. The molecule has 6 nitrogen and oxygen atoms in total. The van der Waals surface area contributed by atoms with Crippen molar-refractivity contribution in [1.82, 2.24) is 15.2 Å². The average Bonchev–Trinajstić information content (AvgIpc) is 2.72. The number of nitrogens with zero attached hydrogens (tertiary/aromatic N) is 5. The topological polar surface area (TPSA) is 57.2 Å². The standard InChI is InChI=1S/C19H17F3N6/c20-13-4-1-2-7-16(13)27-8-10-28(11-9-27)17-12-23-26-19(24-17)25-18-14(21)5-3-6-15(18)22/h1-7,12H,8-11H2,(H,24,25,26). The number of halogens is 3. The fraction of sp³-hybridized carbons (Fsp3) is 0.211. The molecule has 0 amide bonds. The Balaban J connectivity index is 1.46. The lowest BCUT2D eigenvalue weighted by Crippen LogP contribution is -2.47. The first-order valence-corrected chi connectivity index (χ1v) is 8.77. The van der Waals surface area contributed by atoms with E-state index in [-0.39, 0.29) is 17.5 Å². The van der Waals surface area contributed by atoms with E-state index in [4.69, 9.17) is 0 Å². The van der Waals surface area contributed by atoms with Crippen molar-refractivity contribution in [3.05, 3.63) is 66.1 Å². The van der Waals surface area contributed by atoms with Crippen molar-refractivity contribution >= 4 is 23.1 Å². The van der Waals surface area contributed by atoms with E-state index in [0.29, 0.717) is 37.7 Å². The summed E-state index contributed by atoms with van der Waals surface area (Å²) in [4.78, 5) is 8.24. The summed E-state index contributed by atoms with van der Waals surface area (Å²) in [6.45, 7) is 2.41. The monoisotopic (exact) mass is 386 g/mol. The van der Waals surface area contributed by atoms with Crippen LogP contribution in [0.25, 0.3) is 0 Å². The molecule has 144 valence electrons. The van der Waals surface area contributed by atoms with Gasteiger partial charge >= 0.3 is 0 Å². The van der Waals surface area contributed by atoms with Gasteiger partial charge in [-0.25, -0.2) is 13.2 Å². The Labute approximate surface area is 159 Å². The van der Waals surface area contributed by atoms with E-state index in [0.717, 1.165) is 12.1 Å². The fourth-order valence-corrected chi connectivity index (χ4v) is 3.11. The summed E-state index contributed by atoms with van der Waals surface area (Å²) in [6.07, 6.45) is 1.49. The first-order valence-electron chi connectivity index (χ1n) is 8.77. The summed E-state index contributed by atoms with van der Waals surface area (Å²) >= 11 is 0. The Morgan fingerprint density at radius 2 is 1.43 bits per heavy atom. The molecule has 0 radical (unpaired) electrons. The van der Waals surface area contributed by atoms with Gasteiger partial charge in [0.05, 0.1) is 11.9 Å². The van der Waals surface area contributed by atoms with E-state index in [9.17, 15) is 13.2 Å². The zero-order chi connectivity index (χ0) is 19.5. The van der Waals surface area contributed by atoms with Gasteiger partial charge in [0.15, 0.2) is 5.82 Å². The molecule has 0 atom stereocenters. The first kappa shape index (κ1) is 18.0. The van der Waals surface area contributed by atoms with Crippen LogP contribution in [-0.4, -0.2) is 41.4 Å². The number of piperazine rings is 1. The lowest BCUT2D eigenvalue weighted by molar-refractivity contribution is 0.589. The summed E-state index contributed by atoms with van der Waals surface area (Å²) in [5, 5.41) is 10.2. The van der Waals surface area contributed by atoms with Crippen molar-refractivity contribution in [2.24, 2.45) is 0 Å².